The molecule has 2 heteroatoms. The number of pyridine rings is 1. The molecule has 0 N–H and O–H groups in total. The van der Waals surface area contributed by atoms with Gasteiger partial charge in [-0.25, -0.2) is 0 Å². The van der Waals surface area contributed by atoms with Crippen molar-refractivity contribution in [2.24, 2.45) is 0 Å². The maximum atomic E-state index is 7.40. The van der Waals surface area contributed by atoms with E-state index in [0.29, 0.717) is 0 Å². The summed E-state index contributed by atoms with van der Waals surface area (Å²) in [5, 5.41) is 0. The third kappa shape index (κ3) is 1.30. The molecule has 0 unspecified atom stereocenters. The predicted octanol–water partition coefficient (Wildman–Crippen LogP) is 2.46. The van der Waals surface area contributed by atoms with Crippen LogP contribution in [0, 0.1) is 13.8 Å². The summed E-state index contributed by atoms with van der Waals surface area (Å²) in [6.45, 7) is 3.62. The highest BCUT2D eigenvalue weighted by atomic mass is 79.9. The smallest absolute Gasteiger partial charge is 0.0840 e. The van der Waals surface area contributed by atoms with Crippen LogP contribution >= 0.6 is 15.9 Å². The fourth-order valence-electron chi connectivity index (χ4n) is 0.571. The maximum Gasteiger partial charge on any atom is 0.0840 e. The molecule has 0 radical (unpaired) electrons. The van der Waals surface area contributed by atoms with Gasteiger partial charge in [-0.3, -0.25) is 4.98 Å². The van der Waals surface area contributed by atoms with E-state index in [1.165, 1.54) is 0 Å². The molecule has 0 aliphatic rings. The first-order chi connectivity index (χ1) is 5.04. The second kappa shape index (κ2) is 2.48. The Morgan fingerprint density at radius 2 is 2.33 bits per heavy atom. The van der Waals surface area contributed by atoms with Crippen LogP contribution in [0.2, 0.25) is 0 Å². The number of hydrogen-bond donors (Lipinski definition) is 0. The van der Waals surface area contributed by atoms with Crippen LogP contribution in [0.25, 0.3) is 0 Å². The Hall–Kier alpha value is -0.370. The van der Waals surface area contributed by atoms with Gasteiger partial charge in [0.05, 0.1) is 8.44 Å². The molecule has 0 aliphatic carbocycles. The number of nitrogens with zero attached hydrogens (tertiary/aromatic N) is 1. The van der Waals surface area contributed by atoms with Gasteiger partial charge in [-0.2, -0.15) is 0 Å². The highest BCUT2D eigenvalue weighted by Crippen LogP contribution is 2.16. The average molecular weight is 188 g/mol. The molecule has 1 heterocycles. The van der Waals surface area contributed by atoms with Gasteiger partial charge in [0.1, 0.15) is 0 Å². The minimum atomic E-state index is 0.0446. The van der Waals surface area contributed by atoms with Gasteiger partial charge in [-0.15, -0.1) is 0 Å². The molecule has 0 saturated carbocycles. The third-order valence-corrected chi connectivity index (χ3v) is 2.28. The molecule has 0 aromatic carbocycles. The largest absolute Gasteiger partial charge is 0.260 e. The topological polar surface area (TPSA) is 12.9 Å². The van der Waals surface area contributed by atoms with E-state index in [1.807, 2.05) is 6.92 Å². The van der Waals surface area contributed by atoms with Crippen molar-refractivity contribution >= 4 is 15.9 Å². The molecule has 0 amide bonds. The van der Waals surface area contributed by atoms with Crippen LogP contribution in [0.1, 0.15) is 14.0 Å². The van der Waals surface area contributed by atoms with Gasteiger partial charge in [0.25, 0.3) is 0 Å². The van der Waals surface area contributed by atoms with Crippen molar-refractivity contribution in [3.05, 3.63) is 27.9 Å². The molecule has 1 aromatic heterocycles. The Morgan fingerprint density at radius 3 is 3.00 bits per heavy atom. The standard InChI is InChI=1S/C7H8BrN/c1-5-3-4-9-6(2)7(5)8/h3-4H,1-2H3/i3D,4D. The first kappa shape index (κ1) is 4.45. The molecule has 1 nitrogen and oxygen atoms in total. The van der Waals surface area contributed by atoms with Crippen molar-refractivity contribution in [3.63, 3.8) is 0 Å². The van der Waals surface area contributed by atoms with E-state index in [4.69, 9.17) is 2.74 Å². The Morgan fingerprint density at radius 1 is 1.67 bits per heavy atom. The van der Waals surface area contributed by atoms with E-state index < -0.39 is 0 Å². The summed E-state index contributed by atoms with van der Waals surface area (Å²) < 4.78 is 15.5. The molecule has 0 aliphatic heterocycles. The zero-order valence-corrected chi connectivity index (χ0v) is 6.91. The SMILES string of the molecule is [2H]c1nc(C)c(Br)c(C)c1[2H]. The van der Waals surface area contributed by atoms with Crippen LogP contribution in [-0.2, 0) is 0 Å². The van der Waals surface area contributed by atoms with Crippen LogP contribution in [0.5, 0.6) is 0 Å². The Kier molecular flexibility index (Phi) is 1.23. The molecule has 9 heavy (non-hydrogen) atoms. The van der Waals surface area contributed by atoms with Crippen molar-refractivity contribution in [2.75, 3.05) is 0 Å². The number of hydrogen-bond acceptors (Lipinski definition) is 1. The van der Waals surface area contributed by atoms with Gasteiger partial charge in [0.2, 0.25) is 0 Å². The Balaban J connectivity index is 3.46. The fraction of sp³-hybridized carbons (Fsp3) is 0.286. The van der Waals surface area contributed by atoms with E-state index in [0.717, 1.165) is 15.7 Å². The maximum absolute atomic E-state index is 7.40. The average Bonchev–Trinajstić information content (AvgIpc) is 1.97. The summed E-state index contributed by atoms with van der Waals surface area (Å²) in [4.78, 5) is 3.87. The number of rotatable bonds is 0. The third-order valence-electron chi connectivity index (χ3n) is 1.11. The zero-order valence-electron chi connectivity index (χ0n) is 7.33. The molecular weight excluding hydrogens is 178 g/mol. The molecule has 0 bridgehead atoms. The lowest BCUT2D eigenvalue weighted by Crippen LogP contribution is -1.83. The zero-order chi connectivity index (χ0) is 8.59. The van der Waals surface area contributed by atoms with Crippen LogP contribution in [0.15, 0.2) is 16.7 Å². The number of halogens is 1. The lowest BCUT2D eigenvalue weighted by molar-refractivity contribution is 1.15. The van der Waals surface area contributed by atoms with Crippen LogP contribution in [0.4, 0.5) is 0 Å². The molecular formula is C7H8BrN. The summed E-state index contributed by atoms with van der Waals surface area (Å²) in [6.07, 6.45) is 0.0446. The van der Waals surface area contributed by atoms with Crippen molar-refractivity contribution in [1.29, 1.82) is 0 Å². The Labute approximate surface area is 66.1 Å². The summed E-state index contributed by atoms with van der Waals surface area (Å²) in [6, 6.07) is 0.197. The van der Waals surface area contributed by atoms with Crippen LogP contribution < -0.4 is 0 Å². The predicted molar refractivity (Wildman–Crippen MR) is 41.4 cm³/mol. The first-order valence-corrected chi connectivity index (χ1v) is 3.43. The lowest BCUT2D eigenvalue weighted by Gasteiger charge is -1.97. The normalized spacial score (nSPS) is 12.8. The summed E-state index contributed by atoms with van der Waals surface area (Å²) >= 11 is 3.30. The van der Waals surface area contributed by atoms with Crippen molar-refractivity contribution in [2.45, 2.75) is 13.8 Å². The molecule has 48 valence electrons. The molecule has 1 aromatic rings. The quantitative estimate of drug-likeness (QED) is 0.609. The van der Waals surface area contributed by atoms with Gasteiger partial charge in [0, 0.05) is 10.6 Å². The minimum absolute atomic E-state index is 0.0446. The van der Waals surface area contributed by atoms with Gasteiger partial charge in [-0.05, 0) is 41.4 Å². The van der Waals surface area contributed by atoms with E-state index in [2.05, 4.69) is 20.9 Å². The highest BCUT2D eigenvalue weighted by molar-refractivity contribution is 9.10. The van der Waals surface area contributed by atoms with Crippen molar-refractivity contribution in [1.82, 2.24) is 4.98 Å². The molecule has 0 spiro atoms. The van der Waals surface area contributed by atoms with E-state index in [1.54, 1.807) is 6.92 Å². The van der Waals surface area contributed by atoms with Crippen LogP contribution in [-0.4, -0.2) is 4.98 Å². The van der Waals surface area contributed by atoms with E-state index >= 15 is 0 Å². The van der Waals surface area contributed by atoms with Crippen LogP contribution in [0.3, 0.4) is 0 Å². The van der Waals surface area contributed by atoms with Crippen molar-refractivity contribution in [3.8, 4) is 0 Å². The molecule has 1 rings (SSSR count). The Bertz CT molecular complexity index is 273. The minimum Gasteiger partial charge on any atom is -0.260 e. The number of aromatic nitrogens is 1. The summed E-state index contributed by atoms with van der Waals surface area (Å²) in [7, 11) is 0. The summed E-state index contributed by atoms with van der Waals surface area (Å²) in [5.74, 6) is 0. The lowest BCUT2D eigenvalue weighted by atomic mass is 10.3. The van der Waals surface area contributed by atoms with E-state index in [9.17, 15) is 0 Å². The first-order valence-electron chi connectivity index (χ1n) is 3.64. The number of aryl methyl sites for hydroxylation is 1. The molecule has 0 atom stereocenters. The molecule has 0 saturated heterocycles. The second-order valence-electron chi connectivity index (χ2n) is 1.87. The highest BCUT2D eigenvalue weighted by Gasteiger charge is 1.95. The summed E-state index contributed by atoms with van der Waals surface area (Å²) in [5.41, 5.74) is 1.55. The monoisotopic (exact) mass is 187 g/mol. The van der Waals surface area contributed by atoms with E-state index in [-0.39, 0.29) is 12.2 Å². The van der Waals surface area contributed by atoms with Gasteiger partial charge in [-0.1, -0.05) is 0 Å². The molecule has 0 fully saturated rings. The van der Waals surface area contributed by atoms with Gasteiger partial charge < -0.3 is 0 Å². The second-order valence-corrected chi connectivity index (χ2v) is 2.67. The van der Waals surface area contributed by atoms with Gasteiger partial charge >= 0.3 is 0 Å². The fourth-order valence-corrected chi connectivity index (χ4v) is 0.759. The van der Waals surface area contributed by atoms with Crippen molar-refractivity contribution < 1.29 is 2.74 Å². The van der Waals surface area contributed by atoms with Gasteiger partial charge in [0.15, 0.2) is 0 Å².